The van der Waals surface area contributed by atoms with E-state index in [4.69, 9.17) is 0 Å². The van der Waals surface area contributed by atoms with Crippen molar-refractivity contribution >= 4 is 27.0 Å². The number of hydrogen-bond donors (Lipinski definition) is 1. The minimum Gasteiger partial charge on any atom is -0.356 e. The van der Waals surface area contributed by atoms with Crippen LogP contribution in [-0.2, 0) is 21.4 Å². The van der Waals surface area contributed by atoms with E-state index in [9.17, 15) is 17.6 Å². The molecular formula is C22H27FN4O3S. The van der Waals surface area contributed by atoms with Crippen LogP contribution in [0.4, 0.5) is 4.39 Å². The highest BCUT2D eigenvalue weighted by atomic mass is 32.2. The van der Waals surface area contributed by atoms with Crippen molar-refractivity contribution in [2.24, 2.45) is 0 Å². The maximum atomic E-state index is 13.0. The monoisotopic (exact) mass is 446 g/mol. The van der Waals surface area contributed by atoms with Crippen molar-refractivity contribution in [3.8, 4) is 0 Å². The van der Waals surface area contributed by atoms with E-state index < -0.39 is 15.8 Å². The number of benzene rings is 2. The Labute approximate surface area is 181 Å². The van der Waals surface area contributed by atoms with E-state index in [2.05, 4.69) is 14.9 Å². The predicted molar refractivity (Wildman–Crippen MR) is 118 cm³/mol. The molecule has 9 heteroatoms. The molecule has 0 aliphatic heterocycles. The van der Waals surface area contributed by atoms with Gasteiger partial charge in [-0.3, -0.25) is 4.79 Å². The van der Waals surface area contributed by atoms with E-state index in [0.29, 0.717) is 13.0 Å². The lowest BCUT2D eigenvalue weighted by molar-refractivity contribution is -0.121. The number of rotatable bonds is 10. The molecule has 0 radical (unpaired) electrons. The second kappa shape index (κ2) is 10.0. The van der Waals surface area contributed by atoms with E-state index >= 15 is 0 Å². The Bertz CT molecular complexity index is 1140. The van der Waals surface area contributed by atoms with Gasteiger partial charge in [0.15, 0.2) is 0 Å². The first-order valence-corrected chi connectivity index (χ1v) is 11.6. The zero-order chi connectivity index (χ0) is 22.4. The Kier molecular flexibility index (Phi) is 7.40. The number of sulfonamides is 1. The molecule has 0 aliphatic carbocycles. The van der Waals surface area contributed by atoms with Crippen LogP contribution in [0.2, 0.25) is 0 Å². The van der Waals surface area contributed by atoms with Gasteiger partial charge in [0, 0.05) is 33.1 Å². The van der Waals surface area contributed by atoms with Crippen LogP contribution in [0, 0.1) is 12.7 Å². The molecule has 31 heavy (non-hydrogen) atoms. The molecule has 0 saturated carbocycles. The van der Waals surface area contributed by atoms with Crippen LogP contribution in [0.5, 0.6) is 0 Å². The lowest BCUT2D eigenvalue weighted by Crippen LogP contribution is -2.30. The summed E-state index contributed by atoms with van der Waals surface area (Å²) >= 11 is 0. The van der Waals surface area contributed by atoms with Crippen molar-refractivity contribution < 1.29 is 17.6 Å². The molecule has 1 heterocycles. The summed E-state index contributed by atoms with van der Waals surface area (Å²) in [7, 11) is -2.24. The van der Waals surface area contributed by atoms with Crippen molar-refractivity contribution in [3.63, 3.8) is 0 Å². The lowest BCUT2D eigenvalue weighted by atomic mass is 10.3. The van der Waals surface area contributed by atoms with Crippen molar-refractivity contribution in [1.82, 2.24) is 19.2 Å². The molecule has 7 nitrogen and oxygen atoms in total. The predicted octanol–water partition coefficient (Wildman–Crippen LogP) is 3.09. The number of aromatic nitrogens is 2. The average Bonchev–Trinajstić information content (AvgIpc) is 3.06. The molecule has 3 rings (SSSR count). The largest absolute Gasteiger partial charge is 0.356 e. The Morgan fingerprint density at radius 3 is 2.58 bits per heavy atom. The number of carbonyl (C=O) groups excluding carboxylic acids is 1. The highest BCUT2D eigenvalue weighted by Gasteiger charge is 2.20. The molecule has 0 spiro atoms. The zero-order valence-corrected chi connectivity index (χ0v) is 18.5. The normalized spacial score (nSPS) is 11.9. The summed E-state index contributed by atoms with van der Waals surface area (Å²) in [5.74, 6) is 0.340. The molecule has 1 N–H and O–H groups in total. The molecule has 0 aliphatic rings. The molecule has 1 amide bonds. The number of aryl methyl sites for hydroxylation is 2. The zero-order valence-electron chi connectivity index (χ0n) is 17.7. The number of amides is 1. The fourth-order valence-corrected chi connectivity index (χ4v) is 4.61. The summed E-state index contributed by atoms with van der Waals surface area (Å²) in [6.07, 6.45) is 1.40. The van der Waals surface area contributed by atoms with Crippen LogP contribution < -0.4 is 5.32 Å². The van der Waals surface area contributed by atoms with Crippen LogP contribution in [0.1, 0.15) is 25.1 Å². The number of hydrogen-bond acceptors (Lipinski definition) is 4. The second-order valence-electron chi connectivity index (χ2n) is 7.39. The maximum Gasteiger partial charge on any atom is 0.242 e. The Morgan fingerprint density at radius 2 is 1.84 bits per heavy atom. The summed E-state index contributed by atoms with van der Waals surface area (Å²) < 4.78 is 41.2. The third-order valence-electron chi connectivity index (χ3n) is 5.12. The van der Waals surface area contributed by atoms with E-state index in [1.807, 2.05) is 31.2 Å². The number of para-hydroxylation sites is 2. The topological polar surface area (TPSA) is 84.3 Å². The van der Waals surface area contributed by atoms with Gasteiger partial charge in [-0.1, -0.05) is 12.1 Å². The lowest BCUT2D eigenvalue weighted by Gasteiger charge is -2.17. The van der Waals surface area contributed by atoms with Gasteiger partial charge in [0.1, 0.15) is 11.6 Å². The number of halogens is 1. The molecule has 0 bridgehead atoms. The highest BCUT2D eigenvalue weighted by molar-refractivity contribution is 7.89. The Hall–Kier alpha value is -2.78. The van der Waals surface area contributed by atoms with Crippen LogP contribution >= 0.6 is 0 Å². The van der Waals surface area contributed by atoms with E-state index in [1.165, 1.54) is 23.5 Å². The van der Waals surface area contributed by atoms with Gasteiger partial charge < -0.3 is 9.88 Å². The number of nitrogens with zero attached hydrogens (tertiary/aromatic N) is 3. The first-order chi connectivity index (χ1) is 14.8. The Balaban J connectivity index is 1.39. The molecule has 3 aromatic rings. The third-order valence-corrected chi connectivity index (χ3v) is 7.00. The van der Waals surface area contributed by atoms with E-state index in [0.717, 1.165) is 42.0 Å². The molecule has 0 atom stereocenters. The smallest absolute Gasteiger partial charge is 0.242 e. The molecule has 0 unspecified atom stereocenters. The van der Waals surface area contributed by atoms with Crippen molar-refractivity contribution in [2.45, 2.75) is 37.6 Å². The first kappa shape index (κ1) is 22.9. The summed E-state index contributed by atoms with van der Waals surface area (Å²) in [4.78, 5) is 16.6. The van der Waals surface area contributed by atoms with Gasteiger partial charge in [-0.05, 0) is 56.2 Å². The maximum absolute atomic E-state index is 13.0. The quantitative estimate of drug-likeness (QED) is 0.485. The summed E-state index contributed by atoms with van der Waals surface area (Å²) in [5.41, 5.74) is 2.04. The second-order valence-corrected chi connectivity index (χ2v) is 9.43. The SMILES string of the molecule is Cc1nc2ccccc2n1CCCNC(=O)CCCN(C)S(=O)(=O)c1ccc(F)cc1. The Morgan fingerprint density at radius 1 is 1.13 bits per heavy atom. The van der Waals surface area contributed by atoms with Crippen LogP contribution in [0.3, 0.4) is 0 Å². The molecule has 2 aromatic carbocycles. The minimum atomic E-state index is -3.70. The molecule has 0 fully saturated rings. The fourth-order valence-electron chi connectivity index (χ4n) is 3.40. The molecular weight excluding hydrogens is 419 g/mol. The van der Waals surface area contributed by atoms with Gasteiger partial charge in [-0.15, -0.1) is 0 Å². The van der Waals surface area contributed by atoms with Crippen molar-refractivity contribution in [2.75, 3.05) is 20.1 Å². The van der Waals surface area contributed by atoms with Gasteiger partial charge in [0.2, 0.25) is 15.9 Å². The van der Waals surface area contributed by atoms with Gasteiger partial charge in [0.25, 0.3) is 0 Å². The number of nitrogens with one attached hydrogen (secondary N) is 1. The van der Waals surface area contributed by atoms with Crippen LogP contribution in [0.15, 0.2) is 53.4 Å². The van der Waals surface area contributed by atoms with E-state index in [-0.39, 0.29) is 23.8 Å². The fraction of sp³-hybridized carbons (Fsp3) is 0.364. The van der Waals surface area contributed by atoms with Crippen LogP contribution in [-0.4, -0.2) is 48.3 Å². The summed E-state index contributed by atoms with van der Waals surface area (Å²) in [5, 5.41) is 2.88. The number of fused-ring (bicyclic) bond motifs is 1. The third kappa shape index (κ3) is 5.68. The number of carbonyl (C=O) groups is 1. The van der Waals surface area contributed by atoms with Gasteiger partial charge >= 0.3 is 0 Å². The standard InChI is InChI=1S/C22H27FN4O3S/c1-17-25-20-7-3-4-8-21(20)27(17)16-6-14-24-22(28)9-5-15-26(2)31(29,30)19-12-10-18(23)11-13-19/h3-4,7-8,10-13H,5-6,9,14-16H2,1-2H3,(H,24,28). The molecule has 166 valence electrons. The van der Waals surface area contributed by atoms with Gasteiger partial charge in [0.05, 0.1) is 15.9 Å². The highest BCUT2D eigenvalue weighted by Crippen LogP contribution is 2.16. The number of imidazole rings is 1. The first-order valence-electron chi connectivity index (χ1n) is 10.2. The molecule has 0 saturated heterocycles. The molecule has 1 aromatic heterocycles. The summed E-state index contributed by atoms with van der Waals surface area (Å²) in [6, 6.07) is 12.7. The van der Waals surface area contributed by atoms with E-state index in [1.54, 1.807) is 0 Å². The van der Waals surface area contributed by atoms with Gasteiger partial charge in [-0.2, -0.15) is 0 Å². The average molecular weight is 447 g/mol. The van der Waals surface area contributed by atoms with Gasteiger partial charge in [-0.25, -0.2) is 22.1 Å². The van der Waals surface area contributed by atoms with Crippen molar-refractivity contribution in [1.29, 1.82) is 0 Å². The van der Waals surface area contributed by atoms with Crippen molar-refractivity contribution in [3.05, 3.63) is 60.2 Å². The summed E-state index contributed by atoms with van der Waals surface area (Å²) in [6.45, 7) is 3.46. The minimum absolute atomic E-state index is 0.0307. The van der Waals surface area contributed by atoms with Crippen LogP contribution in [0.25, 0.3) is 11.0 Å².